The number of rotatable bonds is 4. The van der Waals surface area contributed by atoms with Crippen LogP contribution in [0.1, 0.15) is 26.2 Å². The van der Waals surface area contributed by atoms with Crippen molar-refractivity contribution in [1.82, 2.24) is 4.90 Å². The number of likely N-dealkylation sites (tertiary alicyclic amines) is 1. The monoisotopic (exact) mass is 249 g/mol. The van der Waals surface area contributed by atoms with Gasteiger partial charge in [-0.25, -0.2) is 0 Å². The summed E-state index contributed by atoms with van der Waals surface area (Å²) in [5.74, 6) is 0.928. The van der Waals surface area contributed by atoms with E-state index < -0.39 is 0 Å². The second-order valence-electron chi connectivity index (χ2n) is 3.96. The number of aliphatic hydroxyl groups excluding tert-OH is 1. The fourth-order valence-corrected chi connectivity index (χ4v) is 2.13. The number of piperidine rings is 1. The van der Waals surface area contributed by atoms with Crippen molar-refractivity contribution in [2.45, 2.75) is 32.3 Å². The second-order valence-corrected chi connectivity index (χ2v) is 4.61. The molecule has 0 aliphatic carbocycles. The molecule has 1 aliphatic rings. The minimum absolute atomic E-state index is 0.196. The molecule has 0 aromatic carbocycles. The van der Waals surface area contributed by atoms with E-state index in [1.807, 2.05) is 0 Å². The standard InChI is InChI=1S/C10H20BrNO/c1-2-9-3-5-12(6-4-9)8-10(13)7-11/h9-10,13H,2-8H2,1H3. The van der Waals surface area contributed by atoms with Gasteiger partial charge in [-0.05, 0) is 31.8 Å². The summed E-state index contributed by atoms with van der Waals surface area (Å²) in [6.07, 6.45) is 3.74. The molecule has 1 rings (SSSR count). The Bertz CT molecular complexity index is 135. The molecule has 1 heterocycles. The lowest BCUT2D eigenvalue weighted by molar-refractivity contribution is 0.103. The summed E-state index contributed by atoms with van der Waals surface area (Å²) >= 11 is 3.29. The molecule has 0 aromatic rings. The smallest absolute Gasteiger partial charge is 0.0763 e. The van der Waals surface area contributed by atoms with Crippen molar-refractivity contribution in [3.8, 4) is 0 Å². The number of halogens is 1. The van der Waals surface area contributed by atoms with Gasteiger partial charge in [-0.15, -0.1) is 0 Å². The van der Waals surface area contributed by atoms with Crippen LogP contribution >= 0.6 is 15.9 Å². The highest BCUT2D eigenvalue weighted by Crippen LogP contribution is 2.19. The number of β-amino-alcohol motifs (C(OH)–C–C–N with tert-alkyl or cyclic N) is 1. The predicted molar refractivity (Wildman–Crippen MR) is 59.3 cm³/mol. The Morgan fingerprint density at radius 2 is 2.08 bits per heavy atom. The highest BCUT2D eigenvalue weighted by atomic mass is 79.9. The van der Waals surface area contributed by atoms with Crippen LogP contribution in [0.25, 0.3) is 0 Å². The molecule has 0 amide bonds. The van der Waals surface area contributed by atoms with Crippen LogP contribution in [0.4, 0.5) is 0 Å². The van der Waals surface area contributed by atoms with Crippen LogP contribution in [0.2, 0.25) is 0 Å². The molecule has 1 fully saturated rings. The van der Waals surface area contributed by atoms with Gasteiger partial charge in [-0.1, -0.05) is 29.3 Å². The van der Waals surface area contributed by atoms with E-state index in [0.29, 0.717) is 5.33 Å². The van der Waals surface area contributed by atoms with Gasteiger partial charge >= 0.3 is 0 Å². The minimum Gasteiger partial charge on any atom is -0.391 e. The lowest BCUT2D eigenvalue weighted by Gasteiger charge is -2.32. The Hall–Kier alpha value is 0.400. The van der Waals surface area contributed by atoms with E-state index in [9.17, 15) is 5.11 Å². The number of aliphatic hydroxyl groups is 1. The lowest BCUT2D eigenvalue weighted by atomic mass is 9.94. The quantitative estimate of drug-likeness (QED) is 0.770. The zero-order valence-electron chi connectivity index (χ0n) is 8.38. The van der Waals surface area contributed by atoms with Crippen LogP contribution < -0.4 is 0 Å². The predicted octanol–water partition coefficient (Wildman–Crippen LogP) is 1.86. The third kappa shape index (κ3) is 3.96. The fraction of sp³-hybridized carbons (Fsp3) is 1.00. The van der Waals surface area contributed by atoms with Gasteiger partial charge < -0.3 is 10.0 Å². The highest BCUT2D eigenvalue weighted by Gasteiger charge is 2.19. The van der Waals surface area contributed by atoms with Gasteiger partial charge in [0.05, 0.1) is 6.10 Å². The van der Waals surface area contributed by atoms with Gasteiger partial charge in [-0.2, -0.15) is 0 Å². The van der Waals surface area contributed by atoms with Crippen LogP contribution in [-0.4, -0.2) is 41.1 Å². The van der Waals surface area contributed by atoms with E-state index in [-0.39, 0.29) is 6.10 Å². The SMILES string of the molecule is CCC1CCN(CC(O)CBr)CC1. The summed E-state index contributed by atoms with van der Waals surface area (Å²) in [5, 5.41) is 10.1. The molecule has 1 aliphatic heterocycles. The van der Waals surface area contributed by atoms with Crippen LogP contribution in [0.3, 0.4) is 0 Å². The molecular formula is C10H20BrNO. The zero-order chi connectivity index (χ0) is 9.68. The van der Waals surface area contributed by atoms with E-state index >= 15 is 0 Å². The molecular weight excluding hydrogens is 230 g/mol. The molecule has 2 nitrogen and oxygen atoms in total. The molecule has 0 bridgehead atoms. The Morgan fingerprint density at radius 1 is 1.46 bits per heavy atom. The molecule has 0 aromatic heterocycles. The molecule has 3 heteroatoms. The summed E-state index contributed by atoms with van der Waals surface area (Å²) in [6.45, 7) is 5.44. The van der Waals surface area contributed by atoms with E-state index in [1.54, 1.807) is 0 Å². The number of alkyl halides is 1. The van der Waals surface area contributed by atoms with Crippen molar-refractivity contribution < 1.29 is 5.11 Å². The molecule has 0 radical (unpaired) electrons. The van der Waals surface area contributed by atoms with Gasteiger partial charge in [0, 0.05) is 11.9 Å². The highest BCUT2D eigenvalue weighted by molar-refractivity contribution is 9.09. The van der Waals surface area contributed by atoms with E-state index in [1.165, 1.54) is 32.4 Å². The number of nitrogens with zero attached hydrogens (tertiary/aromatic N) is 1. The first-order chi connectivity index (χ1) is 6.26. The second kappa shape index (κ2) is 5.99. The summed E-state index contributed by atoms with van der Waals surface area (Å²) in [5.41, 5.74) is 0. The molecule has 1 atom stereocenters. The molecule has 13 heavy (non-hydrogen) atoms. The van der Waals surface area contributed by atoms with Crippen molar-refractivity contribution in [3.63, 3.8) is 0 Å². The molecule has 0 saturated carbocycles. The van der Waals surface area contributed by atoms with E-state index in [2.05, 4.69) is 27.8 Å². The van der Waals surface area contributed by atoms with Crippen LogP contribution in [0.5, 0.6) is 0 Å². The molecule has 78 valence electrons. The van der Waals surface area contributed by atoms with Crippen LogP contribution in [0, 0.1) is 5.92 Å². The van der Waals surface area contributed by atoms with Gasteiger partial charge in [-0.3, -0.25) is 0 Å². The van der Waals surface area contributed by atoms with Gasteiger partial charge in [0.1, 0.15) is 0 Å². The zero-order valence-corrected chi connectivity index (χ0v) is 9.96. The van der Waals surface area contributed by atoms with Crippen molar-refractivity contribution in [2.24, 2.45) is 5.92 Å². The first-order valence-electron chi connectivity index (χ1n) is 5.22. The van der Waals surface area contributed by atoms with Crippen molar-refractivity contribution in [1.29, 1.82) is 0 Å². The third-order valence-electron chi connectivity index (χ3n) is 2.93. The molecule has 1 N–H and O–H groups in total. The van der Waals surface area contributed by atoms with E-state index in [4.69, 9.17) is 0 Å². The number of hydrogen-bond donors (Lipinski definition) is 1. The summed E-state index contributed by atoms with van der Waals surface area (Å²) in [7, 11) is 0. The van der Waals surface area contributed by atoms with Crippen LogP contribution in [-0.2, 0) is 0 Å². The maximum absolute atomic E-state index is 9.44. The number of hydrogen-bond acceptors (Lipinski definition) is 2. The van der Waals surface area contributed by atoms with Crippen molar-refractivity contribution in [3.05, 3.63) is 0 Å². The Balaban J connectivity index is 2.17. The lowest BCUT2D eigenvalue weighted by Crippen LogP contribution is -2.39. The first-order valence-corrected chi connectivity index (χ1v) is 6.34. The Kier molecular flexibility index (Phi) is 5.29. The third-order valence-corrected chi connectivity index (χ3v) is 3.68. The van der Waals surface area contributed by atoms with E-state index in [0.717, 1.165) is 12.5 Å². The maximum Gasteiger partial charge on any atom is 0.0763 e. The summed E-state index contributed by atoms with van der Waals surface area (Å²) < 4.78 is 0. The van der Waals surface area contributed by atoms with Gasteiger partial charge in [0.25, 0.3) is 0 Å². The average molecular weight is 250 g/mol. The first kappa shape index (κ1) is 11.5. The Labute approximate surface area is 89.4 Å². The largest absolute Gasteiger partial charge is 0.391 e. The molecule has 0 spiro atoms. The normalized spacial score (nSPS) is 23.3. The van der Waals surface area contributed by atoms with Gasteiger partial charge in [0.2, 0.25) is 0 Å². The molecule has 1 unspecified atom stereocenters. The average Bonchev–Trinajstić information content (AvgIpc) is 2.19. The summed E-state index contributed by atoms with van der Waals surface area (Å²) in [6, 6.07) is 0. The van der Waals surface area contributed by atoms with Crippen molar-refractivity contribution >= 4 is 15.9 Å². The van der Waals surface area contributed by atoms with Gasteiger partial charge in [0.15, 0.2) is 0 Å². The fourth-order valence-electron chi connectivity index (χ4n) is 1.92. The summed E-state index contributed by atoms with van der Waals surface area (Å²) in [4.78, 5) is 2.37. The maximum atomic E-state index is 9.44. The van der Waals surface area contributed by atoms with Crippen molar-refractivity contribution in [2.75, 3.05) is 25.0 Å². The minimum atomic E-state index is -0.196. The topological polar surface area (TPSA) is 23.5 Å². The Morgan fingerprint density at radius 3 is 2.54 bits per heavy atom. The van der Waals surface area contributed by atoms with Crippen LogP contribution in [0.15, 0.2) is 0 Å². The molecule has 1 saturated heterocycles.